The molecule has 16 heavy (non-hydrogen) atoms. The lowest BCUT2D eigenvalue weighted by Gasteiger charge is -2.02. The van der Waals surface area contributed by atoms with Crippen LogP contribution in [0.2, 0.25) is 0 Å². The molecule has 0 N–H and O–H groups in total. The number of benzene rings is 1. The van der Waals surface area contributed by atoms with Gasteiger partial charge in [-0.3, -0.25) is 9.90 Å². The van der Waals surface area contributed by atoms with Crippen molar-refractivity contribution in [3.8, 4) is 11.5 Å². The minimum absolute atomic E-state index is 0.0476. The van der Waals surface area contributed by atoms with Crippen molar-refractivity contribution in [1.82, 2.24) is 0 Å². The van der Waals surface area contributed by atoms with Crippen LogP contribution in [0.3, 0.4) is 0 Å². The number of amides is 1. The largest absolute Gasteiger partial charge is 0.454 e. The molecule has 2 heterocycles. The Morgan fingerprint density at radius 3 is 2.75 bits per heavy atom. The molecular weight excluding hydrogens is 210 g/mol. The van der Waals surface area contributed by atoms with Crippen LogP contribution < -0.4 is 20.0 Å². The minimum Gasteiger partial charge on any atom is -0.454 e. The summed E-state index contributed by atoms with van der Waals surface area (Å²) in [5.41, 5.74) is 0.0476. The van der Waals surface area contributed by atoms with Gasteiger partial charge in [0.2, 0.25) is 6.79 Å². The van der Waals surface area contributed by atoms with Crippen molar-refractivity contribution in [2.24, 2.45) is 4.99 Å². The van der Waals surface area contributed by atoms with E-state index in [0.29, 0.717) is 28.3 Å². The van der Waals surface area contributed by atoms with Gasteiger partial charge in [-0.05, 0) is 12.1 Å². The van der Waals surface area contributed by atoms with Crippen molar-refractivity contribution < 1.29 is 19.4 Å². The number of hydrogen-bond acceptors (Lipinski definition) is 3. The van der Waals surface area contributed by atoms with Gasteiger partial charge in [-0.2, -0.15) is 0 Å². The maximum atomic E-state index is 11.3. The van der Waals surface area contributed by atoms with Gasteiger partial charge in [-0.25, -0.2) is 4.99 Å². The molecule has 1 radical (unpaired) electrons. The summed E-state index contributed by atoms with van der Waals surface area (Å²) in [5.74, 6) is 0.643. The first-order valence-electron chi connectivity index (χ1n) is 4.64. The van der Waals surface area contributed by atoms with Crippen molar-refractivity contribution in [3.63, 3.8) is 0 Å². The van der Waals surface area contributed by atoms with Gasteiger partial charge < -0.3 is 9.47 Å². The fraction of sp³-hybridized carbons (Fsp3) is 0.0909. The molecule has 1 aromatic rings. The summed E-state index contributed by atoms with van der Waals surface area (Å²) in [6, 6.07) is 3.34. The predicted octanol–water partition coefficient (Wildman–Crippen LogP) is -0.330. The van der Waals surface area contributed by atoms with E-state index in [2.05, 4.69) is 4.99 Å². The molecule has 2 aliphatic heterocycles. The molecule has 0 bridgehead atoms. The smallest absolute Gasteiger partial charge is 0.280 e. The Bertz CT molecular complexity index is 630. The van der Waals surface area contributed by atoms with Crippen LogP contribution in [0.15, 0.2) is 29.0 Å². The molecule has 1 aromatic carbocycles. The van der Waals surface area contributed by atoms with E-state index in [9.17, 15) is 9.90 Å². The van der Waals surface area contributed by atoms with Crippen molar-refractivity contribution in [3.05, 3.63) is 34.5 Å². The third-order valence-electron chi connectivity index (χ3n) is 2.43. The first kappa shape index (κ1) is 8.96. The van der Waals surface area contributed by atoms with Crippen LogP contribution in [-0.4, -0.2) is 12.7 Å². The third-order valence-corrected chi connectivity index (χ3v) is 2.43. The quantitative estimate of drug-likeness (QED) is 0.440. The summed E-state index contributed by atoms with van der Waals surface area (Å²) >= 11 is 0. The van der Waals surface area contributed by atoms with E-state index in [1.807, 2.05) is 0 Å². The molecule has 0 saturated heterocycles. The maximum absolute atomic E-state index is 11.3. The van der Waals surface area contributed by atoms with Gasteiger partial charge in [0.15, 0.2) is 17.8 Å². The Morgan fingerprint density at radius 1 is 1.25 bits per heavy atom. The molecule has 5 nitrogen and oxygen atoms in total. The molecule has 0 aliphatic carbocycles. The number of fused-ring (bicyclic) bond motifs is 2. The zero-order valence-electron chi connectivity index (χ0n) is 8.10. The number of carbonyl (C=O) groups excluding carboxylic acids is 1. The van der Waals surface area contributed by atoms with Gasteiger partial charge in [0, 0.05) is 11.3 Å². The highest BCUT2D eigenvalue weighted by Gasteiger charge is 2.17. The average Bonchev–Trinajstić information content (AvgIpc) is 2.72. The van der Waals surface area contributed by atoms with Gasteiger partial charge >= 0.3 is 0 Å². The Labute approximate surface area is 89.9 Å². The fourth-order valence-electron chi connectivity index (χ4n) is 1.65. The number of hydrogen-bond donors (Lipinski definition) is 0. The van der Waals surface area contributed by atoms with E-state index in [-0.39, 0.29) is 12.4 Å². The second kappa shape index (κ2) is 3.10. The second-order valence-corrected chi connectivity index (χ2v) is 3.40. The van der Waals surface area contributed by atoms with E-state index < -0.39 is 5.91 Å². The molecule has 0 spiro atoms. The molecular formula is C11H6NO4. The molecule has 0 fully saturated rings. The predicted molar refractivity (Wildman–Crippen MR) is 51.6 cm³/mol. The molecule has 0 aromatic heterocycles. The molecule has 5 heteroatoms. The topological polar surface area (TPSA) is 67.8 Å². The summed E-state index contributed by atoms with van der Waals surface area (Å²) in [7, 11) is 0. The Kier molecular flexibility index (Phi) is 1.73. The molecule has 0 saturated carbocycles. The molecule has 0 atom stereocenters. The highest BCUT2D eigenvalue weighted by molar-refractivity contribution is 6.02. The molecule has 3 rings (SSSR count). The lowest BCUT2D eigenvalue weighted by molar-refractivity contribution is -0.114. The lowest BCUT2D eigenvalue weighted by Crippen LogP contribution is -2.30. The van der Waals surface area contributed by atoms with Gasteiger partial charge in [0.05, 0.1) is 10.9 Å². The van der Waals surface area contributed by atoms with Gasteiger partial charge in [0.1, 0.15) is 0 Å². The average molecular weight is 216 g/mol. The maximum Gasteiger partial charge on any atom is 0.280 e. The van der Waals surface area contributed by atoms with Gasteiger partial charge in [0.25, 0.3) is 5.91 Å². The van der Waals surface area contributed by atoms with Crippen LogP contribution in [0.1, 0.15) is 0 Å². The van der Waals surface area contributed by atoms with Crippen LogP contribution in [0.25, 0.3) is 6.08 Å². The molecule has 0 unspecified atom stereocenters. The Hall–Kier alpha value is -2.30. The highest BCUT2D eigenvalue weighted by Crippen LogP contribution is 2.28. The Balaban J connectivity index is 2.33. The SMILES string of the molecule is [O]C=C1C=c2cc3c(cc2=NC1=O)OCO3. The van der Waals surface area contributed by atoms with Crippen molar-refractivity contribution in [2.45, 2.75) is 0 Å². The number of nitrogens with zero attached hydrogens (tertiary/aromatic N) is 1. The van der Waals surface area contributed by atoms with Crippen molar-refractivity contribution in [2.75, 3.05) is 6.79 Å². The Morgan fingerprint density at radius 2 is 2.00 bits per heavy atom. The van der Waals surface area contributed by atoms with Crippen molar-refractivity contribution >= 4 is 12.0 Å². The van der Waals surface area contributed by atoms with E-state index in [4.69, 9.17) is 9.47 Å². The lowest BCUT2D eigenvalue weighted by atomic mass is 10.1. The fourth-order valence-corrected chi connectivity index (χ4v) is 1.65. The number of ether oxygens (including phenoxy) is 2. The van der Waals surface area contributed by atoms with Crippen LogP contribution in [-0.2, 0) is 9.90 Å². The van der Waals surface area contributed by atoms with Crippen LogP contribution >= 0.6 is 0 Å². The molecule has 79 valence electrons. The molecule has 1 amide bonds. The van der Waals surface area contributed by atoms with E-state index in [1.54, 1.807) is 12.1 Å². The second-order valence-electron chi connectivity index (χ2n) is 3.40. The van der Waals surface area contributed by atoms with Gasteiger partial charge in [-0.15, -0.1) is 0 Å². The third kappa shape index (κ3) is 1.18. The first-order chi connectivity index (χ1) is 7.78. The summed E-state index contributed by atoms with van der Waals surface area (Å²) in [4.78, 5) is 15.2. The zero-order chi connectivity index (χ0) is 11.1. The summed E-state index contributed by atoms with van der Waals surface area (Å²) in [6.07, 6.45) is 2.00. The minimum atomic E-state index is -0.527. The normalized spacial score (nSPS) is 19.0. The van der Waals surface area contributed by atoms with E-state index >= 15 is 0 Å². The van der Waals surface area contributed by atoms with Gasteiger partial charge in [-0.1, -0.05) is 0 Å². The van der Waals surface area contributed by atoms with Crippen LogP contribution in [0.5, 0.6) is 11.5 Å². The standard InChI is InChI=1S/C11H6NO4/c13-4-7-1-6-2-9-10(16-5-15-9)3-8(6)12-11(7)14/h1-4H,5H2. The molecule has 2 aliphatic rings. The van der Waals surface area contributed by atoms with Crippen LogP contribution in [0.4, 0.5) is 0 Å². The monoisotopic (exact) mass is 216 g/mol. The van der Waals surface area contributed by atoms with E-state index in [0.717, 1.165) is 0 Å². The highest BCUT2D eigenvalue weighted by atomic mass is 16.7. The summed E-state index contributed by atoms with van der Waals surface area (Å²) < 4.78 is 10.4. The summed E-state index contributed by atoms with van der Waals surface area (Å²) in [6.45, 7) is 0.163. The van der Waals surface area contributed by atoms with E-state index in [1.165, 1.54) is 6.08 Å². The first-order valence-corrected chi connectivity index (χ1v) is 4.64. The van der Waals surface area contributed by atoms with Crippen molar-refractivity contribution in [1.29, 1.82) is 0 Å². The number of rotatable bonds is 0. The summed E-state index contributed by atoms with van der Waals surface area (Å²) in [5, 5.41) is 11.8. The zero-order valence-corrected chi connectivity index (χ0v) is 8.10. The van der Waals surface area contributed by atoms with Crippen LogP contribution in [0, 0.1) is 0 Å². The number of carbonyl (C=O) groups is 1.